The molecule has 21 heavy (non-hydrogen) atoms. The number of hydrogen-bond acceptors (Lipinski definition) is 3. The minimum atomic E-state index is -3.07. The molecule has 3 N–H and O–H groups in total. The highest BCUT2D eigenvalue weighted by Crippen LogP contribution is 2.20. The molecule has 7 heteroatoms. The van der Waals surface area contributed by atoms with E-state index in [1.54, 1.807) is 0 Å². The van der Waals surface area contributed by atoms with Crippen molar-refractivity contribution in [2.24, 2.45) is 5.73 Å². The Kier molecular flexibility index (Phi) is 8.21. The van der Waals surface area contributed by atoms with Gasteiger partial charge >= 0.3 is 0 Å². The zero-order valence-electron chi connectivity index (χ0n) is 12.1. The number of amides is 1. The molecule has 1 aromatic carbocycles. The molecule has 0 bridgehead atoms. The first-order chi connectivity index (χ1) is 9.35. The smallest absolute Gasteiger partial charge is 0.277 e. The van der Waals surface area contributed by atoms with Crippen molar-refractivity contribution in [1.82, 2.24) is 5.32 Å². The molecular formula is C14H21ClF2N2O2. The van der Waals surface area contributed by atoms with Gasteiger partial charge in [-0.3, -0.25) is 4.79 Å². The number of carbonyl (C=O) groups is 1. The van der Waals surface area contributed by atoms with Crippen LogP contribution in [-0.4, -0.2) is 31.5 Å². The topological polar surface area (TPSA) is 64.3 Å². The summed E-state index contributed by atoms with van der Waals surface area (Å²) in [6, 6.07) is 5.63. The minimum absolute atomic E-state index is 0. The average molecular weight is 323 g/mol. The van der Waals surface area contributed by atoms with Crippen LogP contribution in [0, 0.1) is 13.8 Å². The van der Waals surface area contributed by atoms with Crippen LogP contribution in [0.3, 0.4) is 0 Å². The van der Waals surface area contributed by atoms with Gasteiger partial charge in [-0.15, -0.1) is 12.4 Å². The van der Waals surface area contributed by atoms with Gasteiger partial charge in [0.2, 0.25) is 5.91 Å². The van der Waals surface area contributed by atoms with Crippen LogP contribution in [-0.2, 0) is 4.79 Å². The van der Waals surface area contributed by atoms with Crippen LogP contribution >= 0.6 is 12.4 Å². The Morgan fingerprint density at radius 2 is 2.05 bits per heavy atom. The molecule has 0 radical (unpaired) electrons. The summed E-state index contributed by atoms with van der Waals surface area (Å²) in [5, 5.41) is 2.14. The zero-order valence-corrected chi connectivity index (χ0v) is 12.9. The van der Waals surface area contributed by atoms with E-state index in [-0.39, 0.29) is 25.4 Å². The van der Waals surface area contributed by atoms with Crippen molar-refractivity contribution in [3.8, 4) is 5.75 Å². The number of aryl methyl sites for hydroxylation is 1. The van der Waals surface area contributed by atoms with E-state index < -0.39 is 24.9 Å². The molecule has 1 aromatic rings. The second-order valence-electron chi connectivity index (χ2n) is 4.63. The average Bonchev–Trinajstić information content (AvgIpc) is 2.41. The van der Waals surface area contributed by atoms with Crippen molar-refractivity contribution in [2.45, 2.75) is 26.2 Å². The van der Waals surface area contributed by atoms with Gasteiger partial charge in [-0.2, -0.15) is 0 Å². The summed E-state index contributed by atoms with van der Waals surface area (Å²) in [7, 11) is 0. The summed E-state index contributed by atoms with van der Waals surface area (Å²) in [6.07, 6.45) is 0.0219. The van der Waals surface area contributed by atoms with Crippen LogP contribution in [0.5, 0.6) is 5.75 Å². The van der Waals surface area contributed by atoms with Gasteiger partial charge in [0, 0.05) is 0 Å². The van der Waals surface area contributed by atoms with E-state index in [1.165, 1.54) is 0 Å². The first-order valence-electron chi connectivity index (χ1n) is 6.39. The molecule has 4 nitrogen and oxygen atoms in total. The third-order valence-electron chi connectivity index (χ3n) is 2.98. The molecule has 0 aliphatic heterocycles. The Bertz CT molecular complexity index is 470. The van der Waals surface area contributed by atoms with Gasteiger partial charge in [0.1, 0.15) is 5.75 Å². The number of alkyl halides is 2. The van der Waals surface area contributed by atoms with E-state index in [4.69, 9.17) is 10.5 Å². The van der Waals surface area contributed by atoms with Crippen molar-refractivity contribution in [2.75, 3.05) is 19.7 Å². The standard InChI is InChI=1S/C14H20F2N2O2.ClH/c1-10-4-3-5-12(11(10)2)20-7-6-13(19)18-9-14(15,16)8-17;/h3-5H,6-9,17H2,1-2H3,(H,18,19);1H. The minimum Gasteiger partial charge on any atom is -0.493 e. The fourth-order valence-corrected chi connectivity index (χ4v) is 1.52. The number of ether oxygens (including phenoxy) is 1. The van der Waals surface area contributed by atoms with E-state index in [0.29, 0.717) is 5.75 Å². The van der Waals surface area contributed by atoms with Gasteiger partial charge in [0.15, 0.2) is 0 Å². The summed E-state index contributed by atoms with van der Waals surface area (Å²) in [6.45, 7) is 2.50. The maximum atomic E-state index is 12.8. The number of nitrogens with two attached hydrogens (primary N) is 1. The molecule has 1 rings (SSSR count). The molecule has 0 saturated heterocycles. The van der Waals surface area contributed by atoms with Gasteiger partial charge in [-0.1, -0.05) is 12.1 Å². The van der Waals surface area contributed by atoms with Gasteiger partial charge in [-0.05, 0) is 31.0 Å². The van der Waals surface area contributed by atoms with Crippen LogP contribution in [0.4, 0.5) is 8.78 Å². The van der Waals surface area contributed by atoms with Crippen molar-refractivity contribution >= 4 is 18.3 Å². The van der Waals surface area contributed by atoms with Crippen LogP contribution < -0.4 is 15.8 Å². The SMILES string of the molecule is Cc1cccc(OCCC(=O)NCC(F)(F)CN)c1C.Cl. The molecule has 0 aromatic heterocycles. The van der Waals surface area contributed by atoms with Crippen molar-refractivity contribution < 1.29 is 18.3 Å². The lowest BCUT2D eigenvalue weighted by atomic mass is 10.1. The molecule has 0 unspecified atom stereocenters. The number of benzene rings is 1. The predicted octanol–water partition coefficient (Wildman–Crippen LogP) is 2.20. The highest BCUT2D eigenvalue weighted by molar-refractivity contribution is 5.85. The second-order valence-corrected chi connectivity index (χ2v) is 4.63. The number of halogens is 3. The monoisotopic (exact) mass is 322 g/mol. The Morgan fingerprint density at radius 1 is 1.38 bits per heavy atom. The number of rotatable bonds is 7. The molecule has 0 aliphatic carbocycles. The Morgan fingerprint density at radius 3 is 2.67 bits per heavy atom. The van der Waals surface area contributed by atoms with Gasteiger partial charge in [0.25, 0.3) is 5.92 Å². The van der Waals surface area contributed by atoms with E-state index >= 15 is 0 Å². The first-order valence-corrected chi connectivity index (χ1v) is 6.39. The fourth-order valence-electron chi connectivity index (χ4n) is 1.52. The van der Waals surface area contributed by atoms with Crippen LogP contribution in [0.25, 0.3) is 0 Å². The molecular weight excluding hydrogens is 302 g/mol. The number of nitrogens with one attached hydrogen (secondary N) is 1. The largest absolute Gasteiger partial charge is 0.493 e. The summed E-state index contributed by atoms with van der Waals surface area (Å²) in [5.41, 5.74) is 6.97. The lowest BCUT2D eigenvalue weighted by Gasteiger charge is -2.15. The highest BCUT2D eigenvalue weighted by Gasteiger charge is 2.26. The lowest BCUT2D eigenvalue weighted by Crippen LogP contribution is -2.41. The predicted molar refractivity (Wildman–Crippen MR) is 80.3 cm³/mol. The molecule has 0 spiro atoms. The molecule has 1 amide bonds. The molecule has 0 heterocycles. The molecule has 0 fully saturated rings. The van der Waals surface area contributed by atoms with Gasteiger partial charge < -0.3 is 15.8 Å². The first kappa shape index (κ1) is 19.6. The van der Waals surface area contributed by atoms with Crippen molar-refractivity contribution in [3.63, 3.8) is 0 Å². The fraction of sp³-hybridized carbons (Fsp3) is 0.500. The zero-order chi connectivity index (χ0) is 15.2. The third-order valence-corrected chi connectivity index (χ3v) is 2.98. The number of carbonyl (C=O) groups excluding carboxylic acids is 1. The Balaban J connectivity index is 0.00000400. The van der Waals surface area contributed by atoms with Crippen molar-refractivity contribution in [3.05, 3.63) is 29.3 Å². The lowest BCUT2D eigenvalue weighted by molar-refractivity contribution is -0.123. The maximum absolute atomic E-state index is 12.8. The van der Waals surface area contributed by atoms with Crippen LogP contribution in [0.15, 0.2) is 18.2 Å². The maximum Gasteiger partial charge on any atom is 0.277 e. The van der Waals surface area contributed by atoms with Crippen molar-refractivity contribution in [1.29, 1.82) is 0 Å². The normalized spacial score (nSPS) is 10.7. The molecule has 0 atom stereocenters. The Labute approximate surface area is 129 Å². The van der Waals surface area contributed by atoms with E-state index in [1.807, 2.05) is 32.0 Å². The van der Waals surface area contributed by atoms with E-state index in [9.17, 15) is 13.6 Å². The number of hydrogen-bond donors (Lipinski definition) is 2. The summed E-state index contributed by atoms with van der Waals surface area (Å²) < 4.78 is 31.1. The third kappa shape index (κ3) is 6.73. The highest BCUT2D eigenvalue weighted by atomic mass is 35.5. The quantitative estimate of drug-likeness (QED) is 0.809. The van der Waals surface area contributed by atoms with E-state index in [2.05, 4.69) is 5.32 Å². The summed E-state index contributed by atoms with van der Waals surface area (Å²) in [5.74, 6) is -2.85. The summed E-state index contributed by atoms with van der Waals surface area (Å²) in [4.78, 5) is 11.4. The summed E-state index contributed by atoms with van der Waals surface area (Å²) >= 11 is 0. The van der Waals surface area contributed by atoms with E-state index in [0.717, 1.165) is 11.1 Å². The van der Waals surface area contributed by atoms with Crippen LogP contribution in [0.2, 0.25) is 0 Å². The molecule has 0 saturated carbocycles. The second kappa shape index (κ2) is 8.79. The molecule has 120 valence electrons. The van der Waals surface area contributed by atoms with Gasteiger partial charge in [0.05, 0.1) is 26.1 Å². The molecule has 0 aliphatic rings. The van der Waals surface area contributed by atoms with Crippen LogP contribution in [0.1, 0.15) is 17.5 Å². The van der Waals surface area contributed by atoms with Gasteiger partial charge in [-0.25, -0.2) is 8.78 Å². The Hall–Kier alpha value is -1.40.